The van der Waals surface area contributed by atoms with Crippen molar-refractivity contribution in [1.29, 1.82) is 0 Å². The SMILES string of the molecule is CN1CCC(CNC(N)=NCc2ccc(OC(F)(F)F)cc2)CC1. The molecule has 0 radical (unpaired) electrons. The van der Waals surface area contributed by atoms with Crippen molar-refractivity contribution in [2.24, 2.45) is 16.6 Å². The van der Waals surface area contributed by atoms with Gasteiger partial charge in [0.2, 0.25) is 0 Å². The Morgan fingerprint density at radius 3 is 2.50 bits per heavy atom. The van der Waals surface area contributed by atoms with Crippen LogP contribution in [0.3, 0.4) is 0 Å². The first-order valence-electron chi connectivity index (χ1n) is 7.89. The summed E-state index contributed by atoms with van der Waals surface area (Å²) in [5.41, 5.74) is 6.59. The van der Waals surface area contributed by atoms with Crippen molar-refractivity contribution in [3.63, 3.8) is 0 Å². The number of nitrogens with zero attached hydrogens (tertiary/aromatic N) is 2. The van der Waals surface area contributed by atoms with Crippen molar-refractivity contribution in [3.05, 3.63) is 29.8 Å². The molecule has 1 aromatic rings. The second-order valence-corrected chi connectivity index (χ2v) is 6.02. The Hall–Kier alpha value is -1.96. The van der Waals surface area contributed by atoms with Crippen LogP contribution in [0.2, 0.25) is 0 Å². The van der Waals surface area contributed by atoms with Gasteiger partial charge in [-0.2, -0.15) is 0 Å². The Bertz CT molecular complexity index is 537. The second-order valence-electron chi connectivity index (χ2n) is 6.02. The lowest BCUT2D eigenvalue weighted by molar-refractivity contribution is -0.274. The van der Waals surface area contributed by atoms with E-state index in [0.717, 1.165) is 38.0 Å². The molecular formula is C16H23F3N4O. The van der Waals surface area contributed by atoms with Crippen molar-refractivity contribution in [3.8, 4) is 5.75 Å². The van der Waals surface area contributed by atoms with Crippen LogP contribution in [-0.4, -0.2) is 43.9 Å². The predicted molar refractivity (Wildman–Crippen MR) is 86.7 cm³/mol. The van der Waals surface area contributed by atoms with E-state index >= 15 is 0 Å². The topological polar surface area (TPSA) is 62.9 Å². The molecular weight excluding hydrogens is 321 g/mol. The summed E-state index contributed by atoms with van der Waals surface area (Å²) in [4.78, 5) is 6.51. The quantitative estimate of drug-likeness (QED) is 0.636. The van der Waals surface area contributed by atoms with Gasteiger partial charge < -0.3 is 20.7 Å². The van der Waals surface area contributed by atoms with Crippen LogP contribution in [-0.2, 0) is 6.54 Å². The molecule has 1 aromatic carbocycles. The highest BCUT2D eigenvalue weighted by molar-refractivity contribution is 5.77. The number of halogens is 3. The molecule has 0 spiro atoms. The van der Waals surface area contributed by atoms with E-state index in [1.807, 2.05) is 0 Å². The maximum atomic E-state index is 12.1. The highest BCUT2D eigenvalue weighted by Gasteiger charge is 2.30. The van der Waals surface area contributed by atoms with Crippen molar-refractivity contribution < 1.29 is 17.9 Å². The zero-order chi connectivity index (χ0) is 17.6. The number of guanidine groups is 1. The Kier molecular flexibility index (Phi) is 6.30. The number of aliphatic imine (C=N–C) groups is 1. The number of rotatable bonds is 5. The summed E-state index contributed by atoms with van der Waals surface area (Å²) in [6.07, 6.45) is -2.41. The Morgan fingerprint density at radius 2 is 1.92 bits per heavy atom. The van der Waals surface area contributed by atoms with Crippen LogP contribution < -0.4 is 15.8 Å². The molecule has 1 aliphatic heterocycles. The number of hydrogen-bond acceptors (Lipinski definition) is 3. The third kappa shape index (κ3) is 6.66. The molecule has 1 heterocycles. The number of alkyl halides is 3. The van der Waals surface area contributed by atoms with E-state index in [1.54, 1.807) is 0 Å². The van der Waals surface area contributed by atoms with E-state index < -0.39 is 6.36 Å². The van der Waals surface area contributed by atoms with Crippen LogP contribution in [0, 0.1) is 5.92 Å². The number of hydrogen-bond donors (Lipinski definition) is 2. The molecule has 0 amide bonds. The Balaban J connectivity index is 1.75. The molecule has 0 unspecified atom stereocenters. The molecule has 0 aliphatic carbocycles. The van der Waals surface area contributed by atoms with Gasteiger partial charge in [0, 0.05) is 6.54 Å². The zero-order valence-corrected chi connectivity index (χ0v) is 13.6. The summed E-state index contributed by atoms with van der Waals surface area (Å²) in [7, 11) is 2.12. The molecule has 0 atom stereocenters. The lowest BCUT2D eigenvalue weighted by atomic mass is 9.97. The van der Waals surface area contributed by atoms with Crippen molar-refractivity contribution in [1.82, 2.24) is 10.2 Å². The summed E-state index contributed by atoms with van der Waals surface area (Å²) >= 11 is 0. The number of piperidine rings is 1. The highest BCUT2D eigenvalue weighted by Crippen LogP contribution is 2.22. The molecule has 0 saturated carbocycles. The molecule has 1 fully saturated rings. The largest absolute Gasteiger partial charge is 0.573 e. The molecule has 24 heavy (non-hydrogen) atoms. The van der Waals surface area contributed by atoms with Gasteiger partial charge in [0.15, 0.2) is 5.96 Å². The van der Waals surface area contributed by atoms with E-state index in [2.05, 4.69) is 27.0 Å². The third-order valence-electron chi connectivity index (χ3n) is 4.00. The standard InChI is InChI=1S/C16H23F3N4O/c1-23-8-6-13(7-9-23)11-22-15(20)21-10-12-2-4-14(5-3-12)24-16(17,18)19/h2-5,13H,6-11H2,1H3,(H3,20,21,22). The van der Waals surface area contributed by atoms with Crippen LogP contribution in [0.5, 0.6) is 5.75 Å². The van der Waals surface area contributed by atoms with E-state index in [-0.39, 0.29) is 5.75 Å². The van der Waals surface area contributed by atoms with Gasteiger partial charge >= 0.3 is 6.36 Å². The molecule has 2 rings (SSSR count). The smallest absolute Gasteiger partial charge is 0.406 e. The van der Waals surface area contributed by atoms with E-state index in [9.17, 15) is 13.2 Å². The predicted octanol–water partition coefficient (Wildman–Crippen LogP) is 2.33. The average molecular weight is 344 g/mol. The van der Waals surface area contributed by atoms with E-state index in [0.29, 0.717) is 18.4 Å². The monoisotopic (exact) mass is 344 g/mol. The first-order chi connectivity index (χ1) is 11.3. The minimum absolute atomic E-state index is 0.247. The minimum Gasteiger partial charge on any atom is -0.406 e. The minimum atomic E-state index is -4.68. The number of nitrogens with one attached hydrogen (secondary N) is 1. The first-order valence-corrected chi connectivity index (χ1v) is 7.89. The number of likely N-dealkylation sites (tertiary alicyclic amines) is 1. The second kappa shape index (κ2) is 8.23. The summed E-state index contributed by atoms with van der Waals surface area (Å²) < 4.78 is 40.1. The van der Waals surface area contributed by atoms with Gasteiger partial charge in [-0.3, -0.25) is 0 Å². The number of nitrogens with two attached hydrogens (primary N) is 1. The molecule has 1 saturated heterocycles. The van der Waals surface area contributed by atoms with E-state index in [1.165, 1.54) is 24.3 Å². The molecule has 3 N–H and O–H groups in total. The Labute approximate surface area is 139 Å². The molecule has 5 nitrogen and oxygen atoms in total. The third-order valence-corrected chi connectivity index (χ3v) is 4.00. The molecule has 0 aromatic heterocycles. The lowest BCUT2D eigenvalue weighted by Crippen LogP contribution is -2.39. The molecule has 1 aliphatic rings. The van der Waals surface area contributed by atoms with Crippen LogP contribution in [0.25, 0.3) is 0 Å². The normalized spacial score (nSPS) is 17.8. The van der Waals surface area contributed by atoms with Gasteiger partial charge in [-0.25, -0.2) is 4.99 Å². The van der Waals surface area contributed by atoms with Crippen molar-refractivity contribution >= 4 is 5.96 Å². The zero-order valence-electron chi connectivity index (χ0n) is 13.6. The molecule has 134 valence electrons. The summed E-state index contributed by atoms with van der Waals surface area (Å²) in [5, 5.41) is 3.12. The number of benzene rings is 1. The van der Waals surface area contributed by atoms with Crippen LogP contribution in [0.1, 0.15) is 18.4 Å². The van der Waals surface area contributed by atoms with Gasteiger partial charge in [0.1, 0.15) is 5.75 Å². The van der Waals surface area contributed by atoms with Crippen molar-refractivity contribution in [2.75, 3.05) is 26.7 Å². The maximum Gasteiger partial charge on any atom is 0.573 e. The van der Waals surface area contributed by atoms with Gasteiger partial charge in [-0.1, -0.05) is 12.1 Å². The average Bonchev–Trinajstić information content (AvgIpc) is 2.52. The van der Waals surface area contributed by atoms with Crippen LogP contribution in [0.15, 0.2) is 29.3 Å². The van der Waals surface area contributed by atoms with Gasteiger partial charge in [-0.15, -0.1) is 13.2 Å². The van der Waals surface area contributed by atoms with Crippen LogP contribution in [0.4, 0.5) is 13.2 Å². The number of ether oxygens (including phenoxy) is 1. The fraction of sp³-hybridized carbons (Fsp3) is 0.562. The van der Waals surface area contributed by atoms with Gasteiger partial charge in [-0.05, 0) is 56.6 Å². The summed E-state index contributed by atoms with van der Waals surface area (Å²) in [6.45, 7) is 3.28. The maximum absolute atomic E-state index is 12.1. The lowest BCUT2D eigenvalue weighted by Gasteiger charge is -2.29. The fourth-order valence-corrected chi connectivity index (χ4v) is 2.54. The highest BCUT2D eigenvalue weighted by atomic mass is 19.4. The van der Waals surface area contributed by atoms with Gasteiger partial charge in [0.05, 0.1) is 6.54 Å². The Morgan fingerprint density at radius 1 is 1.29 bits per heavy atom. The molecule has 0 bridgehead atoms. The van der Waals surface area contributed by atoms with E-state index in [4.69, 9.17) is 5.73 Å². The van der Waals surface area contributed by atoms with Gasteiger partial charge in [0.25, 0.3) is 0 Å². The van der Waals surface area contributed by atoms with Crippen LogP contribution >= 0.6 is 0 Å². The fourth-order valence-electron chi connectivity index (χ4n) is 2.54. The van der Waals surface area contributed by atoms with Crippen molar-refractivity contribution in [2.45, 2.75) is 25.7 Å². The molecule has 8 heteroatoms. The summed E-state index contributed by atoms with van der Waals surface area (Å²) in [6, 6.07) is 5.60. The summed E-state index contributed by atoms with van der Waals surface area (Å²) in [5.74, 6) is 0.696. The first kappa shape index (κ1) is 18.4.